The molecule has 0 bridgehead atoms. The Morgan fingerprint density at radius 2 is 1.63 bits per heavy atom. The lowest BCUT2D eigenvalue weighted by Gasteiger charge is -2.32. The number of carbonyl (C=O) groups excluding carboxylic acids is 2. The van der Waals surface area contributed by atoms with Gasteiger partial charge < -0.3 is 15.0 Å². The number of methoxy groups -OCH3 is 1. The summed E-state index contributed by atoms with van der Waals surface area (Å²) in [6.45, 7) is 2.41. The number of nitrogens with one attached hydrogen (secondary N) is 1. The number of halogens is 3. The number of hydrogen-bond acceptors (Lipinski definition) is 5. The first-order chi connectivity index (χ1) is 20.5. The number of rotatable bonds is 15. The molecular weight excluding hydrogens is 633 g/mol. The molecule has 0 aromatic heterocycles. The number of benzene rings is 3. The van der Waals surface area contributed by atoms with Crippen molar-refractivity contribution < 1.29 is 22.7 Å². The van der Waals surface area contributed by atoms with E-state index in [2.05, 4.69) is 5.32 Å². The molecule has 2 amide bonds. The van der Waals surface area contributed by atoms with E-state index >= 15 is 0 Å². The fourth-order valence-electron chi connectivity index (χ4n) is 4.59. The fraction of sp³-hybridized carbons (Fsp3) is 0.355. The number of sulfonamides is 1. The van der Waals surface area contributed by atoms with E-state index in [0.29, 0.717) is 33.6 Å². The van der Waals surface area contributed by atoms with Gasteiger partial charge in [-0.05, 0) is 48.7 Å². The number of anilines is 1. The third kappa shape index (κ3) is 9.76. The maximum Gasteiger partial charge on any atom is 0.243 e. The average molecular weight is 669 g/mol. The maximum atomic E-state index is 13.9. The van der Waals surface area contributed by atoms with Gasteiger partial charge in [-0.15, -0.1) is 0 Å². The average Bonchev–Trinajstić information content (AvgIpc) is 2.97. The number of nitrogens with zero attached hydrogens (tertiary/aromatic N) is 2. The molecule has 0 saturated carbocycles. The molecule has 1 N–H and O–H groups in total. The zero-order valence-corrected chi connectivity index (χ0v) is 27.4. The van der Waals surface area contributed by atoms with Crippen LogP contribution in [0.3, 0.4) is 0 Å². The van der Waals surface area contributed by atoms with Crippen LogP contribution in [0.1, 0.15) is 37.3 Å². The van der Waals surface area contributed by atoms with Gasteiger partial charge >= 0.3 is 0 Å². The molecule has 8 nitrogen and oxygen atoms in total. The minimum atomic E-state index is -3.70. The summed E-state index contributed by atoms with van der Waals surface area (Å²) in [5, 5.41) is 3.93. The summed E-state index contributed by atoms with van der Waals surface area (Å²) in [7, 11) is -2.23. The molecule has 0 spiro atoms. The van der Waals surface area contributed by atoms with Crippen molar-refractivity contribution in [3.63, 3.8) is 0 Å². The van der Waals surface area contributed by atoms with Crippen LogP contribution in [0.4, 0.5) is 5.69 Å². The molecule has 0 unspecified atom stereocenters. The Morgan fingerprint density at radius 3 is 2.21 bits per heavy atom. The normalized spacial score (nSPS) is 12.0. The first kappa shape index (κ1) is 34.5. The van der Waals surface area contributed by atoms with Crippen LogP contribution in [-0.2, 0) is 32.6 Å². The van der Waals surface area contributed by atoms with E-state index in [-0.39, 0.29) is 49.2 Å². The molecule has 232 valence electrons. The molecule has 0 fully saturated rings. The van der Waals surface area contributed by atoms with Crippen LogP contribution in [0.2, 0.25) is 15.1 Å². The van der Waals surface area contributed by atoms with E-state index < -0.39 is 16.1 Å². The van der Waals surface area contributed by atoms with Gasteiger partial charge in [0.05, 0.1) is 24.1 Å². The number of amides is 2. The van der Waals surface area contributed by atoms with Crippen LogP contribution in [0.25, 0.3) is 0 Å². The second-order valence-electron chi connectivity index (χ2n) is 9.98. The largest absolute Gasteiger partial charge is 0.495 e. The minimum absolute atomic E-state index is 0.00172. The number of hydrogen-bond donors (Lipinski definition) is 1. The van der Waals surface area contributed by atoms with E-state index in [1.54, 1.807) is 30.3 Å². The van der Waals surface area contributed by atoms with Crippen LogP contribution in [0.15, 0.2) is 66.7 Å². The van der Waals surface area contributed by atoms with Gasteiger partial charge in [-0.1, -0.05) is 78.1 Å². The van der Waals surface area contributed by atoms with E-state index in [1.807, 2.05) is 37.3 Å². The monoisotopic (exact) mass is 667 g/mol. The Hall–Kier alpha value is -2.98. The molecule has 3 aromatic rings. The van der Waals surface area contributed by atoms with Crippen LogP contribution < -0.4 is 14.4 Å². The molecule has 0 aliphatic heterocycles. The first-order valence-corrected chi connectivity index (χ1v) is 16.8. The highest BCUT2D eigenvalue weighted by atomic mass is 35.5. The predicted molar refractivity (Wildman–Crippen MR) is 174 cm³/mol. The van der Waals surface area contributed by atoms with Crippen LogP contribution >= 0.6 is 34.8 Å². The molecule has 12 heteroatoms. The lowest BCUT2D eigenvalue weighted by molar-refractivity contribution is -0.141. The highest BCUT2D eigenvalue weighted by molar-refractivity contribution is 7.92. The summed E-state index contributed by atoms with van der Waals surface area (Å²) >= 11 is 19.2. The van der Waals surface area contributed by atoms with E-state index in [1.165, 1.54) is 22.4 Å². The fourth-order valence-corrected chi connectivity index (χ4v) is 6.31. The Balaban J connectivity index is 1.92. The lowest BCUT2D eigenvalue weighted by Crippen LogP contribution is -2.50. The van der Waals surface area contributed by atoms with Gasteiger partial charge in [-0.3, -0.25) is 13.9 Å². The van der Waals surface area contributed by atoms with Crippen molar-refractivity contribution >= 4 is 62.3 Å². The van der Waals surface area contributed by atoms with Gasteiger partial charge in [0.2, 0.25) is 21.8 Å². The Morgan fingerprint density at radius 1 is 0.953 bits per heavy atom. The SMILES string of the molecule is CCCNC(=O)[C@@H](Cc1ccccc1)N(Cc1c(Cl)cccc1Cl)C(=O)CCCN(c1ccc(OC)c(Cl)c1)S(C)(=O)=O. The summed E-state index contributed by atoms with van der Waals surface area (Å²) in [6, 6.07) is 18.3. The Kier molecular flexibility index (Phi) is 13.0. The quantitative estimate of drug-likeness (QED) is 0.203. The van der Waals surface area contributed by atoms with Crippen LogP contribution in [0.5, 0.6) is 5.75 Å². The summed E-state index contributed by atoms with van der Waals surface area (Å²) in [5.74, 6) is -0.230. The van der Waals surface area contributed by atoms with Gasteiger partial charge in [0.25, 0.3) is 0 Å². The van der Waals surface area contributed by atoms with Gasteiger partial charge in [-0.2, -0.15) is 0 Å². The third-order valence-corrected chi connectivity index (χ3v) is 8.98. The molecule has 3 rings (SSSR count). The van der Waals surface area contributed by atoms with Gasteiger partial charge in [0.1, 0.15) is 11.8 Å². The predicted octanol–water partition coefficient (Wildman–Crippen LogP) is 6.37. The standard InChI is InChI=1S/C31H36Cl3N3O5S/c1-4-17-35-31(39)28(19-22-10-6-5-7-11-22)36(21-24-25(32)12-8-13-26(24)33)30(38)14-9-18-37(43(3,40)41)23-15-16-29(42-2)27(34)20-23/h5-8,10-13,15-16,20,28H,4,9,14,17-19,21H2,1-3H3,(H,35,39)/t28-/m1/s1. The van der Waals surface area contributed by atoms with Crippen molar-refractivity contribution in [3.05, 3.63) is 92.9 Å². The second kappa shape index (κ2) is 16.2. The van der Waals surface area contributed by atoms with Crippen molar-refractivity contribution in [2.45, 2.75) is 45.2 Å². The van der Waals surface area contributed by atoms with E-state index in [0.717, 1.165) is 18.2 Å². The summed E-state index contributed by atoms with van der Waals surface area (Å²) in [4.78, 5) is 28.9. The van der Waals surface area contributed by atoms with Gasteiger partial charge in [0.15, 0.2) is 0 Å². The third-order valence-electron chi connectivity index (χ3n) is 6.79. The first-order valence-electron chi connectivity index (χ1n) is 13.8. The molecular formula is C31H36Cl3N3O5S. The van der Waals surface area contributed by atoms with Crippen molar-refractivity contribution in [2.75, 3.05) is 30.8 Å². The van der Waals surface area contributed by atoms with E-state index in [9.17, 15) is 18.0 Å². The van der Waals surface area contributed by atoms with Crippen LogP contribution in [-0.4, -0.2) is 57.6 Å². The molecule has 0 aliphatic rings. The Labute approximate surface area is 268 Å². The smallest absolute Gasteiger partial charge is 0.243 e. The zero-order valence-electron chi connectivity index (χ0n) is 24.4. The molecule has 3 aromatic carbocycles. The van der Waals surface area contributed by atoms with Gasteiger partial charge in [-0.25, -0.2) is 8.42 Å². The molecule has 1 atom stereocenters. The van der Waals surface area contributed by atoms with E-state index in [4.69, 9.17) is 39.5 Å². The maximum absolute atomic E-state index is 13.9. The van der Waals surface area contributed by atoms with Crippen molar-refractivity contribution in [1.82, 2.24) is 10.2 Å². The van der Waals surface area contributed by atoms with Gasteiger partial charge in [0, 0.05) is 48.1 Å². The zero-order chi connectivity index (χ0) is 31.6. The summed E-state index contributed by atoms with van der Waals surface area (Å²) < 4.78 is 31.8. The highest BCUT2D eigenvalue weighted by Gasteiger charge is 2.31. The minimum Gasteiger partial charge on any atom is -0.495 e. The number of carbonyl (C=O) groups is 2. The summed E-state index contributed by atoms with van der Waals surface area (Å²) in [5.41, 5.74) is 1.74. The molecule has 0 saturated heterocycles. The molecule has 0 radical (unpaired) electrons. The van der Waals surface area contributed by atoms with Crippen molar-refractivity contribution in [3.8, 4) is 5.75 Å². The van der Waals surface area contributed by atoms with Crippen LogP contribution in [0, 0.1) is 0 Å². The molecule has 0 aliphatic carbocycles. The lowest BCUT2D eigenvalue weighted by atomic mass is 10.0. The number of ether oxygens (including phenoxy) is 1. The topological polar surface area (TPSA) is 96.0 Å². The molecule has 43 heavy (non-hydrogen) atoms. The molecule has 0 heterocycles. The Bertz CT molecular complexity index is 1490. The highest BCUT2D eigenvalue weighted by Crippen LogP contribution is 2.31. The second-order valence-corrected chi connectivity index (χ2v) is 13.1. The summed E-state index contributed by atoms with van der Waals surface area (Å²) in [6.07, 6.45) is 2.22. The van der Waals surface area contributed by atoms with Crippen molar-refractivity contribution in [1.29, 1.82) is 0 Å². The van der Waals surface area contributed by atoms with Crippen molar-refractivity contribution in [2.24, 2.45) is 0 Å².